The fourth-order valence-electron chi connectivity index (χ4n) is 3.70. The molecule has 1 fully saturated rings. The van der Waals surface area contributed by atoms with Crippen LogP contribution >= 0.6 is 0 Å². The summed E-state index contributed by atoms with van der Waals surface area (Å²) in [6.45, 7) is 4.64. The van der Waals surface area contributed by atoms with Gasteiger partial charge in [-0.2, -0.15) is 5.10 Å². The van der Waals surface area contributed by atoms with Crippen molar-refractivity contribution in [2.24, 2.45) is 0 Å². The van der Waals surface area contributed by atoms with Crippen molar-refractivity contribution < 1.29 is 4.79 Å². The summed E-state index contributed by atoms with van der Waals surface area (Å²) in [5.41, 5.74) is 5.71. The van der Waals surface area contributed by atoms with Crippen LogP contribution in [0.4, 0.5) is 0 Å². The number of nitrogens with zero attached hydrogens (tertiary/aromatic N) is 3. The van der Waals surface area contributed by atoms with Gasteiger partial charge in [0, 0.05) is 17.9 Å². The van der Waals surface area contributed by atoms with Crippen molar-refractivity contribution >= 4 is 5.91 Å². The zero-order valence-corrected chi connectivity index (χ0v) is 15.1. The Hall–Kier alpha value is -2.95. The molecule has 0 spiro atoms. The van der Waals surface area contributed by atoms with Crippen molar-refractivity contribution in [1.82, 2.24) is 20.1 Å². The Bertz CT molecular complexity index is 932. The summed E-state index contributed by atoms with van der Waals surface area (Å²) >= 11 is 0. The second-order valence-electron chi connectivity index (χ2n) is 6.85. The van der Waals surface area contributed by atoms with E-state index in [1.807, 2.05) is 36.9 Å². The number of nitrogens with one attached hydrogen (secondary N) is 1. The first-order valence-electron chi connectivity index (χ1n) is 8.98. The molecule has 132 valence electrons. The monoisotopic (exact) mass is 346 g/mol. The molecule has 1 N–H and O–H groups in total. The van der Waals surface area contributed by atoms with Crippen LogP contribution < -0.4 is 0 Å². The molecule has 1 atom stereocenters. The number of carbonyl (C=O) groups excluding carboxylic acids is 1. The summed E-state index contributed by atoms with van der Waals surface area (Å²) in [6, 6.07) is 14.5. The Morgan fingerprint density at radius 2 is 1.96 bits per heavy atom. The van der Waals surface area contributed by atoms with Crippen LogP contribution in [0.15, 0.2) is 48.7 Å². The van der Waals surface area contributed by atoms with E-state index in [2.05, 4.69) is 34.5 Å². The number of pyridine rings is 1. The summed E-state index contributed by atoms with van der Waals surface area (Å²) in [5.74, 6) is 0.0308. The van der Waals surface area contributed by atoms with E-state index >= 15 is 0 Å². The molecule has 1 unspecified atom stereocenters. The number of carbonyl (C=O) groups is 1. The third-order valence-electron chi connectivity index (χ3n) is 5.00. The van der Waals surface area contributed by atoms with E-state index in [0.29, 0.717) is 5.56 Å². The van der Waals surface area contributed by atoms with E-state index in [4.69, 9.17) is 4.98 Å². The van der Waals surface area contributed by atoms with Crippen LogP contribution in [0.25, 0.3) is 11.1 Å². The number of likely N-dealkylation sites (tertiary alicyclic amines) is 1. The van der Waals surface area contributed by atoms with Crippen LogP contribution in [0.3, 0.4) is 0 Å². The fourth-order valence-corrected chi connectivity index (χ4v) is 3.70. The third kappa shape index (κ3) is 3.01. The van der Waals surface area contributed by atoms with Gasteiger partial charge < -0.3 is 4.90 Å². The summed E-state index contributed by atoms with van der Waals surface area (Å²) in [6.07, 6.45) is 3.54. The van der Waals surface area contributed by atoms with Gasteiger partial charge in [0.25, 0.3) is 5.91 Å². The van der Waals surface area contributed by atoms with Gasteiger partial charge in [-0.05, 0) is 49.9 Å². The predicted molar refractivity (Wildman–Crippen MR) is 101 cm³/mol. The maximum Gasteiger partial charge on any atom is 0.257 e. The van der Waals surface area contributed by atoms with Crippen LogP contribution in [-0.4, -0.2) is 32.5 Å². The number of hydrogen-bond donors (Lipinski definition) is 1. The zero-order chi connectivity index (χ0) is 18.1. The van der Waals surface area contributed by atoms with Crippen LogP contribution in [0.2, 0.25) is 0 Å². The molecule has 5 heteroatoms. The molecule has 0 bridgehead atoms. The Labute approximate surface area is 153 Å². The molecular formula is C21H22N4O. The third-order valence-corrected chi connectivity index (χ3v) is 5.00. The topological polar surface area (TPSA) is 61.9 Å². The van der Waals surface area contributed by atoms with Crippen LogP contribution in [0.1, 0.15) is 46.3 Å². The van der Waals surface area contributed by atoms with E-state index in [0.717, 1.165) is 42.0 Å². The molecule has 1 aliphatic rings. The van der Waals surface area contributed by atoms with Crippen molar-refractivity contribution in [3.8, 4) is 11.1 Å². The Kier molecular flexibility index (Phi) is 4.29. The number of rotatable bonds is 3. The van der Waals surface area contributed by atoms with Gasteiger partial charge in [-0.1, -0.05) is 30.3 Å². The molecule has 3 heterocycles. The van der Waals surface area contributed by atoms with Crippen molar-refractivity contribution in [2.45, 2.75) is 32.7 Å². The summed E-state index contributed by atoms with van der Waals surface area (Å²) in [4.78, 5) is 19.7. The molecule has 0 radical (unpaired) electrons. The van der Waals surface area contributed by atoms with E-state index < -0.39 is 0 Å². The first-order valence-corrected chi connectivity index (χ1v) is 8.98. The Morgan fingerprint density at radius 1 is 1.15 bits per heavy atom. The largest absolute Gasteiger partial charge is 0.330 e. The van der Waals surface area contributed by atoms with E-state index in [1.165, 1.54) is 5.56 Å². The van der Waals surface area contributed by atoms with E-state index in [-0.39, 0.29) is 11.9 Å². The quantitative estimate of drug-likeness (QED) is 0.778. The number of H-pyrrole nitrogens is 1. The highest BCUT2D eigenvalue weighted by Gasteiger charge is 2.32. The lowest BCUT2D eigenvalue weighted by Gasteiger charge is -2.25. The van der Waals surface area contributed by atoms with Gasteiger partial charge in [0.15, 0.2) is 0 Å². The second kappa shape index (κ2) is 6.75. The van der Waals surface area contributed by atoms with Crippen molar-refractivity contribution in [1.29, 1.82) is 0 Å². The minimum Gasteiger partial charge on any atom is -0.330 e. The second-order valence-corrected chi connectivity index (χ2v) is 6.85. The van der Waals surface area contributed by atoms with Crippen LogP contribution in [-0.2, 0) is 0 Å². The lowest BCUT2D eigenvalue weighted by atomic mass is 10.0. The molecule has 0 aliphatic carbocycles. The maximum absolute atomic E-state index is 13.0. The van der Waals surface area contributed by atoms with Crippen molar-refractivity contribution in [2.75, 3.05) is 6.54 Å². The van der Waals surface area contributed by atoms with Crippen molar-refractivity contribution in [3.63, 3.8) is 0 Å². The molecule has 1 aliphatic heterocycles. The lowest BCUT2D eigenvalue weighted by Crippen LogP contribution is -2.31. The fraction of sp³-hybridized carbons (Fsp3) is 0.286. The Morgan fingerprint density at radius 3 is 2.69 bits per heavy atom. The van der Waals surface area contributed by atoms with Gasteiger partial charge in [-0.25, -0.2) is 0 Å². The van der Waals surface area contributed by atoms with Crippen LogP contribution in [0.5, 0.6) is 0 Å². The van der Waals surface area contributed by atoms with Gasteiger partial charge >= 0.3 is 0 Å². The first kappa shape index (κ1) is 16.5. The van der Waals surface area contributed by atoms with Crippen LogP contribution in [0, 0.1) is 13.8 Å². The molecule has 2 aromatic heterocycles. The highest BCUT2D eigenvalue weighted by molar-refractivity contribution is 5.95. The lowest BCUT2D eigenvalue weighted by molar-refractivity contribution is 0.0732. The van der Waals surface area contributed by atoms with Gasteiger partial charge in [-0.15, -0.1) is 0 Å². The average Bonchev–Trinajstić information content (AvgIpc) is 3.30. The Balaban J connectivity index is 1.69. The molecule has 4 rings (SSSR count). The van der Waals surface area contributed by atoms with Gasteiger partial charge in [0.05, 0.1) is 23.5 Å². The molecule has 1 aromatic carbocycles. The molecular weight excluding hydrogens is 324 g/mol. The maximum atomic E-state index is 13.0. The summed E-state index contributed by atoms with van der Waals surface area (Å²) in [7, 11) is 0. The number of amides is 1. The molecule has 26 heavy (non-hydrogen) atoms. The number of benzene rings is 1. The molecule has 1 amide bonds. The smallest absolute Gasteiger partial charge is 0.257 e. The van der Waals surface area contributed by atoms with E-state index in [9.17, 15) is 4.79 Å². The van der Waals surface area contributed by atoms with Gasteiger partial charge in [0.1, 0.15) is 0 Å². The highest BCUT2D eigenvalue weighted by atomic mass is 16.2. The molecule has 5 nitrogen and oxygen atoms in total. The average molecular weight is 346 g/mol. The summed E-state index contributed by atoms with van der Waals surface area (Å²) < 4.78 is 0. The molecule has 0 saturated carbocycles. The highest BCUT2D eigenvalue weighted by Crippen LogP contribution is 2.34. The summed E-state index contributed by atoms with van der Waals surface area (Å²) in [5, 5.41) is 6.85. The SMILES string of the molecule is Cc1cc(-c2ccccc2)cc(C2CCCN2C(=O)c2cn[nH]c2C)n1. The minimum atomic E-state index is 0.0131. The zero-order valence-electron chi connectivity index (χ0n) is 15.1. The molecule has 1 saturated heterocycles. The number of aromatic nitrogens is 3. The number of hydrogen-bond acceptors (Lipinski definition) is 3. The predicted octanol–water partition coefficient (Wildman–Crippen LogP) is 4.07. The van der Waals surface area contributed by atoms with Crippen molar-refractivity contribution in [3.05, 3.63) is 71.3 Å². The van der Waals surface area contributed by atoms with E-state index in [1.54, 1.807) is 6.20 Å². The minimum absolute atomic E-state index is 0.0131. The number of aromatic amines is 1. The number of aryl methyl sites for hydroxylation is 2. The normalized spacial score (nSPS) is 16.8. The van der Waals surface area contributed by atoms with Gasteiger partial charge in [0.2, 0.25) is 0 Å². The van der Waals surface area contributed by atoms with Gasteiger partial charge in [-0.3, -0.25) is 14.9 Å². The first-order chi connectivity index (χ1) is 12.6. The standard InChI is InChI=1S/C21H22N4O/c1-14-11-17(16-7-4-3-5-8-16)12-19(23-14)20-9-6-10-25(20)21(26)18-13-22-24-15(18)2/h3-5,7-8,11-13,20H,6,9-10H2,1-2H3,(H,22,24). The molecule has 3 aromatic rings.